The maximum Gasteiger partial charge on any atom is 0.353 e. The Morgan fingerprint density at radius 2 is 2.43 bits per heavy atom. The number of carboxylic acids is 1. The van der Waals surface area contributed by atoms with Gasteiger partial charge in [-0.1, -0.05) is 16.3 Å². The highest BCUT2D eigenvalue weighted by molar-refractivity contribution is 8.07. The van der Waals surface area contributed by atoms with E-state index in [2.05, 4.69) is 14.9 Å². The largest absolute Gasteiger partial charge is 0.477 e. The van der Waals surface area contributed by atoms with Gasteiger partial charge in [-0.3, -0.25) is 14.5 Å². The van der Waals surface area contributed by atoms with Gasteiger partial charge in [-0.05, 0) is 11.5 Å². The maximum atomic E-state index is 12.0. The van der Waals surface area contributed by atoms with Crippen LogP contribution in [0.5, 0.6) is 0 Å². The first-order valence-electron chi connectivity index (χ1n) is 5.69. The van der Waals surface area contributed by atoms with Gasteiger partial charge in [-0.25, -0.2) is 4.79 Å². The molecule has 21 heavy (non-hydrogen) atoms. The molecule has 0 unspecified atom stereocenters. The standard InChI is InChI=1S/C10H8N4O4S3/c15-3-11-6-8(16)14-7(10(17)18)4(2-19-9(6)14)20-5-1-12-13-21-5/h1,3,6,9H,2H2,(H,11,15)(H,17,18)/t6-,9+/m1/s1. The summed E-state index contributed by atoms with van der Waals surface area (Å²) < 4.78 is 4.48. The molecule has 1 aromatic rings. The Morgan fingerprint density at radius 3 is 3.05 bits per heavy atom. The number of rotatable bonds is 5. The van der Waals surface area contributed by atoms with E-state index >= 15 is 0 Å². The van der Waals surface area contributed by atoms with Crippen LogP contribution in [-0.4, -0.2) is 55.0 Å². The molecule has 0 spiro atoms. The van der Waals surface area contributed by atoms with Crippen molar-refractivity contribution in [3.05, 3.63) is 16.8 Å². The summed E-state index contributed by atoms with van der Waals surface area (Å²) in [6.07, 6.45) is 2.01. The number of carboxylic acid groups (broad SMARTS) is 1. The number of nitrogens with zero attached hydrogens (tertiary/aromatic N) is 3. The summed E-state index contributed by atoms with van der Waals surface area (Å²) >= 11 is 3.84. The third-order valence-electron chi connectivity index (χ3n) is 2.95. The Labute approximate surface area is 131 Å². The first kappa shape index (κ1) is 14.4. The molecule has 2 aliphatic rings. The second-order valence-corrected chi connectivity index (χ2v) is 7.37. The number of hydrogen-bond donors (Lipinski definition) is 2. The van der Waals surface area contributed by atoms with Crippen LogP contribution in [0.15, 0.2) is 21.0 Å². The monoisotopic (exact) mass is 344 g/mol. The predicted molar refractivity (Wildman–Crippen MR) is 76.5 cm³/mol. The Morgan fingerprint density at radius 1 is 1.62 bits per heavy atom. The van der Waals surface area contributed by atoms with E-state index < -0.39 is 17.9 Å². The number of carbonyl (C=O) groups excluding carboxylic acids is 2. The van der Waals surface area contributed by atoms with E-state index in [0.717, 1.165) is 15.7 Å². The molecule has 11 heteroatoms. The summed E-state index contributed by atoms with van der Waals surface area (Å²) in [4.78, 5) is 35.8. The van der Waals surface area contributed by atoms with E-state index in [-0.39, 0.29) is 11.1 Å². The molecular formula is C10H8N4O4S3. The second-order valence-electron chi connectivity index (χ2n) is 4.09. The lowest BCUT2D eigenvalue weighted by Crippen LogP contribution is -2.69. The van der Waals surface area contributed by atoms with Crippen LogP contribution in [0.1, 0.15) is 0 Å². The Hall–Kier alpha value is -1.59. The number of fused-ring (bicyclic) bond motifs is 1. The zero-order chi connectivity index (χ0) is 15.0. The molecule has 1 saturated heterocycles. The fourth-order valence-electron chi connectivity index (χ4n) is 2.09. The van der Waals surface area contributed by atoms with Crippen molar-refractivity contribution < 1.29 is 19.5 Å². The fraction of sp³-hybridized carbons (Fsp3) is 0.300. The summed E-state index contributed by atoms with van der Waals surface area (Å²) in [7, 11) is 0. The third kappa shape index (κ3) is 2.40. The molecule has 0 aliphatic carbocycles. The lowest BCUT2D eigenvalue weighted by Gasteiger charge is -2.48. The smallest absolute Gasteiger partial charge is 0.353 e. The number of β-lactam (4-membered cyclic amide) rings is 1. The lowest BCUT2D eigenvalue weighted by molar-refractivity contribution is -0.149. The summed E-state index contributed by atoms with van der Waals surface area (Å²) in [6.45, 7) is 0. The van der Waals surface area contributed by atoms with Crippen molar-refractivity contribution in [2.24, 2.45) is 0 Å². The van der Waals surface area contributed by atoms with Crippen molar-refractivity contribution in [3.8, 4) is 0 Å². The summed E-state index contributed by atoms with van der Waals surface area (Å²) in [5, 5.41) is 15.2. The van der Waals surface area contributed by atoms with Crippen LogP contribution in [-0.2, 0) is 14.4 Å². The third-order valence-corrected chi connectivity index (χ3v) is 6.24. The highest BCUT2D eigenvalue weighted by Gasteiger charge is 2.53. The van der Waals surface area contributed by atoms with E-state index in [1.165, 1.54) is 28.4 Å². The summed E-state index contributed by atoms with van der Waals surface area (Å²) in [5.41, 5.74) is -0.0221. The minimum atomic E-state index is -1.15. The summed E-state index contributed by atoms with van der Waals surface area (Å²) in [5.74, 6) is -1.11. The summed E-state index contributed by atoms with van der Waals surface area (Å²) in [6, 6.07) is -0.654. The van der Waals surface area contributed by atoms with Gasteiger partial charge in [-0.15, -0.1) is 16.9 Å². The van der Waals surface area contributed by atoms with Gasteiger partial charge in [0.2, 0.25) is 6.41 Å². The van der Waals surface area contributed by atoms with Gasteiger partial charge in [0.1, 0.15) is 21.3 Å². The number of thioether (sulfide) groups is 2. The van der Waals surface area contributed by atoms with Crippen LogP contribution in [0.3, 0.4) is 0 Å². The van der Waals surface area contributed by atoms with Crippen molar-refractivity contribution in [2.75, 3.05) is 5.75 Å². The highest BCUT2D eigenvalue weighted by atomic mass is 32.2. The number of aliphatic carboxylic acids is 1. The van der Waals surface area contributed by atoms with Gasteiger partial charge >= 0.3 is 5.97 Å². The Balaban J connectivity index is 1.90. The quantitative estimate of drug-likeness (QED) is 0.565. The number of amides is 2. The van der Waals surface area contributed by atoms with Crippen LogP contribution in [0.25, 0.3) is 0 Å². The van der Waals surface area contributed by atoms with E-state index in [9.17, 15) is 19.5 Å². The number of nitrogens with one attached hydrogen (secondary N) is 1. The zero-order valence-electron chi connectivity index (χ0n) is 10.3. The number of aromatic nitrogens is 2. The van der Waals surface area contributed by atoms with Gasteiger partial charge < -0.3 is 10.4 Å². The average molecular weight is 344 g/mol. The van der Waals surface area contributed by atoms with E-state index in [4.69, 9.17) is 0 Å². The maximum absolute atomic E-state index is 12.0. The predicted octanol–water partition coefficient (Wildman–Crippen LogP) is -0.0439. The van der Waals surface area contributed by atoms with Crippen molar-refractivity contribution in [1.82, 2.24) is 19.8 Å². The van der Waals surface area contributed by atoms with Crippen LogP contribution in [0, 0.1) is 0 Å². The van der Waals surface area contributed by atoms with Gasteiger partial charge in [-0.2, -0.15) is 0 Å². The SMILES string of the molecule is O=CN[C@@H]1C(=O)N2C(C(=O)O)=C(Sc3cnns3)CS[C@@H]12. The van der Waals surface area contributed by atoms with Crippen LogP contribution in [0.4, 0.5) is 0 Å². The normalized spacial score (nSPS) is 24.4. The number of carbonyl (C=O) groups is 3. The number of hydrogen-bond acceptors (Lipinski definition) is 8. The molecular weight excluding hydrogens is 336 g/mol. The molecule has 110 valence electrons. The van der Waals surface area contributed by atoms with Crippen molar-refractivity contribution in [2.45, 2.75) is 15.6 Å². The molecule has 0 saturated carbocycles. The molecule has 2 atom stereocenters. The molecule has 8 nitrogen and oxygen atoms in total. The van der Waals surface area contributed by atoms with Gasteiger partial charge in [0, 0.05) is 10.7 Å². The molecule has 2 aliphatic heterocycles. The minimum absolute atomic E-state index is 0.0221. The minimum Gasteiger partial charge on any atom is -0.477 e. The zero-order valence-corrected chi connectivity index (χ0v) is 12.7. The molecule has 2 amide bonds. The molecule has 3 rings (SSSR count). The molecule has 0 radical (unpaired) electrons. The molecule has 0 bridgehead atoms. The molecule has 3 heterocycles. The van der Waals surface area contributed by atoms with Gasteiger partial charge in [0.15, 0.2) is 0 Å². The molecule has 2 N–H and O–H groups in total. The van der Waals surface area contributed by atoms with E-state index in [1.54, 1.807) is 6.20 Å². The van der Waals surface area contributed by atoms with Gasteiger partial charge in [0.05, 0.1) is 6.20 Å². The second kappa shape index (κ2) is 5.66. The van der Waals surface area contributed by atoms with E-state index in [1.807, 2.05) is 0 Å². The van der Waals surface area contributed by atoms with Crippen molar-refractivity contribution >= 4 is 53.3 Å². The Kier molecular flexibility index (Phi) is 3.87. The van der Waals surface area contributed by atoms with Gasteiger partial charge in [0.25, 0.3) is 5.91 Å². The highest BCUT2D eigenvalue weighted by Crippen LogP contribution is 2.45. The molecule has 0 aromatic carbocycles. The van der Waals surface area contributed by atoms with E-state index in [0.29, 0.717) is 17.1 Å². The fourth-order valence-corrected chi connectivity index (χ4v) is 5.18. The van der Waals surface area contributed by atoms with Crippen LogP contribution < -0.4 is 5.32 Å². The average Bonchev–Trinajstić information content (AvgIpc) is 2.97. The molecule has 1 fully saturated rings. The van der Waals surface area contributed by atoms with Crippen LogP contribution in [0.2, 0.25) is 0 Å². The molecule has 1 aromatic heterocycles. The first-order chi connectivity index (χ1) is 10.1. The topological polar surface area (TPSA) is 112 Å². The van der Waals surface area contributed by atoms with Crippen LogP contribution >= 0.6 is 35.1 Å². The van der Waals surface area contributed by atoms with Crippen molar-refractivity contribution in [1.29, 1.82) is 0 Å². The Bertz CT molecular complexity index is 632. The first-order valence-corrected chi connectivity index (χ1v) is 8.33. The lowest BCUT2D eigenvalue weighted by atomic mass is 10.1. The van der Waals surface area contributed by atoms with Crippen molar-refractivity contribution in [3.63, 3.8) is 0 Å².